The van der Waals surface area contributed by atoms with Gasteiger partial charge in [-0.1, -0.05) is 32.4 Å². The zero-order valence-electron chi connectivity index (χ0n) is 18.0. The summed E-state index contributed by atoms with van der Waals surface area (Å²) in [4.78, 5) is 31.5. The number of aromatic amines is 1. The molecule has 0 amide bonds. The monoisotopic (exact) mass is 419 g/mol. The number of nitrogens with zero attached hydrogens (tertiary/aromatic N) is 2. The lowest BCUT2D eigenvalue weighted by Gasteiger charge is -2.21. The minimum Gasteiger partial charge on any atom is -0.338 e. The van der Waals surface area contributed by atoms with Gasteiger partial charge in [-0.25, -0.2) is 9.37 Å². The molecule has 2 aromatic rings. The van der Waals surface area contributed by atoms with E-state index in [0.29, 0.717) is 12.2 Å². The fourth-order valence-corrected chi connectivity index (χ4v) is 4.19. The molecule has 160 valence electrons. The third-order valence-electron chi connectivity index (χ3n) is 5.93. The van der Waals surface area contributed by atoms with Crippen molar-refractivity contribution in [2.24, 2.45) is 0 Å². The molecule has 6 heteroatoms. The van der Waals surface area contributed by atoms with Crippen molar-refractivity contribution in [3.05, 3.63) is 85.7 Å². The van der Waals surface area contributed by atoms with E-state index in [1.54, 1.807) is 12.1 Å². The standard InChI is InChI=1S/C25H26FN3O2/c1-4-6-17-13-21-20(11-16(17)3)27-24-22(14-23(30)28-25(24)31)29(21)10-9-15(2)18-7-5-8-19(26)12-18/h5,7-8,11-15H,4,6,9-10H2,1-3H3,(H,28,30,31). The summed E-state index contributed by atoms with van der Waals surface area (Å²) in [6.07, 6.45) is 2.69. The van der Waals surface area contributed by atoms with Crippen LogP contribution in [0, 0.1) is 12.7 Å². The lowest BCUT2D eigenvalue weighted by Crippen LogP contribution is -2.25. The largest absolute Gasteiger partial charge is 0.338 e. The van der Waals surface area contributed by atoms with Crippen molar-refractivity contribution in [3.8, 4) is 11.4 Å². The van der Waals surface area contributed by atoms with Gasteiger partial charge in [0.25, 0.3) is 11.1 Å². The second-order valence-corrected chi connectivity index (χ2v) is 8.22. The van der Waals surface area contributed by atoms with Gasteiger partial charge >= 0.3 is 0 Å². The number of benzene rings is 2. The Balaban J connectivity index is 1.86. The minimum atomic E-state index is -0.480. The van der Waals surface area contributed by atoms with E-state index < -0.39 is 11.1 Å². The number of halogens is 1. The van der Waals surface area contributed by atoms with Crippen molar-refractivity contribution >= 4 is 11.0 Å². The predicted molar refractivity (Wildman–Crippen MR) is 121 cm³/mol. The second-order valence-electron chi connectivity index (χ2n) is 8.22. The van der Waals surface area contributed by atoms with Gasteiger partial charge in [0.05, 0.1) is 16.7 Å². The average Bonchev–Trinajstić information content (AvgIpc) is 2.72. The summed E-state index contributed by atoms with van der Waals surface area (Å²) in [6.45, 7) is 6.82. The van der Waals surface area contributed by atoms with Crippen molar-refractivity contribution in [3.63, 3.8) is 0 Å². The van der Waals surface area contributed by atoms with Crippen molar-refractivity contribution in [2.45, 2.75) is 52.5 Å². The van der Waals surface area contributed by atoms with E-state index in [2.05, 4.69) is 36.8 Å². The highest BCUT2D eigenvalue weighted by molar-refractivity contribution is 5.81. The number of rotatable bonds is 6. The number of hydrogen-bond acceptors (Lipinski definition) is 3. The number of fused-ring (bicyclic) bond motifs is 2. The van der Waals surface area contributed by atoms with Crippen LogP contribution >= 0.6 is 0 Å². The molecular weight excluding hydrogens is 393 g/mol. The molecule has 4 rings (SSSR count). The maximum Gasteiger partial charge on any atom is 0.278 e. The van der Waals surface area contributed by atoms with Gasteiger partial charge < -0.3 is 4.57 Å². The maximum absolute atomic E-state index is 13.7. The van der Waals surface area contributed by atoms with Gasteiger partial charge in [0, 0.05) is 12.6 Å². The number of H-pyrrole nitrogens is 1. The summed E-state index contributed by atoms with van der Waals surface area (Å²) in [5.41, 5.74) is 4.79. The van der Waals surface area contributed by atoms with Crippen molar-refractivity contribution in [1.29, 1.82) is 0 Å². The van der Waals surface area contributed by atoms with E-state index in [9.17, 15) is 14.0 Å². The Labute approximate surface area is 179 Å². The molecule has 31 heavy (non-hydrogen) atoms. The Morgan fingerprint density at radius 2 is 1.97 bits per heavy atom. The van der Waals surface area contributed by atoms with Crippen LogP contribution in [0.25, 0.3) is 22.4 Å². The molecule has 0 aliphatic carbocycles. The first kappa shape index (κ1) is 21.0. The molecule has 5 nitrogen and oxygen atoms in total. The molecule has 2 aliphatic rings. The highest BCUT2D eigenvalue weighted by Crippen LogP contribution is 2.28. The highest BCUT2D eigenvalue weighted by Gasteiger charge is 2.19. The molecule has 0 radical (unpaired) electrons. The van der Waals surface area contributed by atoms with Crippen LogP contribution in [0.1, 0.15) is 49.3 Å². The van der Waals surface area contributed by atoms with Crippen LogP contribution in [-0.4, -0.2) is 14.5 Å². The molecule has 0 bridgehead atoms. The van der Waals surface area contributed by atoms with Crippen LogP contribution in [0.2, 0.25) is 0 Å². The Morgan fingerprint density at radius 1 is 1.16 bits per heavy atom. The Bertz CT molecular complexity index is 1340. The molecular formula is C25H26FN3O2. The molecule has 1 N–H and O–H groups in total. The van der Waals surface area contributed by atoms with Gasteiger partial charge in [-0.15, -0.1) is 0 Å². The van der Waals surface area contributed by atoms with Crippen LogP contribution in [0.3, 0.4) is 0 Å². The Hall–Kier alpha value is -3.28. The average molecular weight is 420 g/mol. The topological polar surface area (TPSA) is 67.8 Å². The molecule has 1 unspecified atom stereocenters. The summed E-state index contributed by atoms with van der Waals surface area (Å²) in [6, 6.07) is 12.2. The smallest absolute Gasteiger partial charge is 0.278 e. The maximum atomic E-state index is 13.7. The summed E-state index contributed by atoms with van der Waals surface area (Å²) >= 11 is 0. The van der Waals surface area contributed by atoms with Crippen LogP contribution in [-0.2, 0) is 13.0 Å². The van der Waals surface area contributed by atoms with Crippen LogP contribution in [0.4, 0.5) is 4.39 Å². The lowest BCUT2D eigenvalue weighted by molar-refractivity contribution is 0.578. The van der Waals surface area contributed by atoms with Gasteiger partial charge in [0.1, 0.15) is 5.82 Å². The van der Waals surface area contributed by atoms with Gasteiger partial charge in [0.2, 0.25) is 0 Å². The van der Waals surface area contributed by atoms with Crippen molar-refractivity contribution < 1.29 is 4.39 Å². The van der Waals surface area contributed by atoms with E-state index >= 15 is 0 Å². The molecule has 2 heterocycles. The molecule has 2 aromatic carbocycles. The minimum absolute atomic E-state index is 0.107. The fraction of sp³-hybridized carbons (Fsp3) is 0.320. The van der Waals surface area contributed by atoms with Gasteiger partial charge in [-0.2, -0.15) is 0 Å². The van der Waals surface area contributed by atoms with Crippen LogP contribution in [0.5, 0.6) is 0 Å². The summed E-state index contributed by atoms with van der Waals surface area (Å²) in [5.74, 6) is -0.144. The number of nitrogens with one attached hydrogen (secondary N) is 1. The van der Waals surface area contributed by atoms with Gasteiger partial charge in [-0.05, 0) is 66.6 Å². The number of aryl methyl sites for hydroxylation is 3. The second kappa shape index (κ2) is 8.46. The quantitative estimate of drug-likeness (QED) is 0.457. The fourth-order valence-electron chi connectivity index (χ4n) is 4.19. The van der Waals surface area contributed by atoms with Crippen molar-refractivity contribution in [2.75, 3.05) is 0 Å². The van der Waals surface area contributed by atoms with Crippen LogP contribution in [0.15, 0.2) is 52.1 Å². The molecule has 0 saturated carbocycles. The molecule has 1 atom stereocenters. The first-order valence-electron chi connectivity index (χ1n) is 10.7. The van der Waals surface area contributed by atoms with Crippen LogP contribution < -0.4 is 11.1 Å². The highest BCUT2D eigenvalue weighted by atomic mass is 19.1. The zero-order chi connectivity index (χ0) is 22.1. The van der Waals surface area contributed by atoms with E-state index in [1.807, 2.05) is 16.7 Å². The Morgan fingerprint density at radius 3 is 2.71 bits per heavy atom. The number of aromatic nitrogens is 3. The van der Waals surface area contributed by atoms with E-state index in [-0.39, 0.29) is 17.4 Å². The Kier molecular flexibility index (Phi) is 5.72. The third kappa shape index (κ3) is 4.15. The predicted octanol–water partition coefficient (Wildman–Crippen LogP) is 4.78. The summed E-state index contributed by atoms with van der Waals surface area (Å²) in [7, 11) is 0. The lowest BCUT2D eigenvalue weighted by atomic mass is 9.97. The first-order valence-corrected chi connectivity index (χ1v) is 10.7. The number of pyridine rings is 1. The normalized spacial score (nSPS) is 12.5. The van der Waals surface area contributed by atoms with Gasteiger partial charge in [-0.3, -0.25) is 14.6 Å². The molecule has 0 saturated heterocycles. The van der Waals surface area contributed by atoms with E-state index in [1.165, 1.54) is 17.7 Å². The molecule has 0 spiro atoms. The van der Waals surface area contributed by atoms with E-state index in [0.717, 1.165) is 41.4 Å². The number of hydrogen-bond donors (Lipinski definition) is 1. The zero-order valence-corrected chi connectivity index (χ0v) is 18.0. The molecule has 0 fully saturated rings. The third-order valence-corrected chi connectivity index (χ3v) is 5.93. The van der Waals surface area contributed by atoms with Gasteiger partial charge in [0.15, 0.2) is 5.69 Å². The first-order chi connectivity index (χ1) is 14.9. The summed E-state index contributed by atoms with van der Waals surface area (Å²) in [5, 5.41) is 0. The summed E-state index contributed by atoms with van der Waals surface area (Å²) < 4.78 is 15.7. The van der Waals surface area contributed by atoms with Crippen molar-refractivity contribution in [1.82, 2.24) is 14.5 Å². The molecule has 0 aromatic heterocycles. The molecule has 2 aliphatic heterocycles. The SMILES string of the molecule is CCCc1cc2c(cc1C)nc1c(=O)[nH]c(=O)cc-1n2CCC(C)c1cccc(F)c1. The van der Waals surface area contributed by atoms with E-state index in [4.69, 9.17) is 0 Å².